The lowest BCUT2D eigenvalue weighted by atomic mass is 9.91. The van der Waals surface area contributed by atoms with Crippen molar-refractivity contribution in [3.8, 4) is 0 Å². The summed E-state index contributed by atoms with van der Waals surface area (Å²) in [6.45, 7) is 6.52. The summed E-state index contributed by atoms with van der Waals surface area (Å²) in [7, 11) is 4.27. The predicted octanol–water partition coefficient (Wildman–Crippen LogP) is 3.94. The van der Waals surface area contributed by atoms with Crippen LogP contribution in [0.3, 0.4) is 0 Å². The predicted molar refractivity (Wildman–Crippen MR) is 99.7 cm³/mol. The molecule has 4 nitrogen and oxygen atoms in total. The lowest BCUT2D eigenvalue weighted by molar-refractivity contribution is 0.210. The first-order valence-corrected chi connectivity index (χ1v) is 9.01. The standard InChI is InChI=1S/C20H30N4/c1-5-19(23-13-11-21(3)15-23)17-9-7-8-10-18(17)20(6-2)24-14-12-22(4)16-24/h7-14,19-20H,5-6,15-16H2,1-4H3/t19-,20-/m1/s1. The Hall–Kier alpha value is -2.10. The van der Waals surface area contributed by atoms with E-state index < -0.39 is 0 Å². The van der Waals surface area contributed by atoms with Gasteiger partial charge in [-0.1, -0.05) is 38.1 Å². The summed E-state index contributed by atoms with van der Waals surface area (Å²) < 4.78 is 0. The van der Waals surface area contributed by atoms with Crippen molar-refractivity contribution in [3.63, 3.8) is 0 Å². The molecule has 0 radical (unpaired) electrons. The van der Waals surface area contributed by atoms with E-state index in [-0.39, 0.29) is 0 Å². The van der Waals surface area contributed by atoms with Gasteiger partial charge in [-0.25, -0.2) is 0 Å². The average Bonchev–Trinajstić information content (AvgIpc) is 3.19. The van der Waals surface area contributed by atoms with Crippen molar-refractivity contribution in [2.24, 2.45) is 0 Å². The maximum atomic E-state index is 2.46. The van der Waals surface area contributed by atoms with Gasteiger partial charge < -0.3 is 19.6 Å². The van der Waals surface area contributed by atoms with Crippen LogP contribution in [0.2, 0.25) is 0 Å². The summed E-state index contributed by atoms with van der Waals surface area (Å²) in [6.07, 6.45) is 11.0. The molecule has 0 N–H and O–H groups in total. The van der Waals surface area contributed by atoms with Crippen LogP contribution in [0.25, 0.3) is 0 Å². The molecule has 4 heteroatoms. The van der Waals surface area contributed by atoms with Crippen molar-refractivity contribution in [1.82, 2.24) is 19.6 Å². The Kier molecular flexibility index (Phi) is 5.03. The summed E-state index contributed by atoms with van der Waals surface area (Å²) in [5, 5.41) is 0. The SMILES string of the molecule is CC[C@H](c1ccccc1[C@@H](CC)N1C=CN(C)C1)N1C=CN(C)C1. The summed E-state index contributed by atoms with van der Waals surface area (Å²) in [6, 6.07) is 9.87. The molecular weight excluding hydrogens is 296 g/mol. The van der Waals surface area contributed by atoms with Crippen LogP contribution in [-0.2, 0) is 0 Å². The highest BCUT2D eigenvalue weighted by Crippen LogP contribution is 2.36. The summed E-state index contributed by atoms with van der Waals surface area (Å²) >= 11 is 0. The second kappa shape index (κ2) is 7.20. The lowest BCUT2D eigenvalue weighted by Gasteiger charge is -2.34. The number of hydrogen-bond donors (Lipinski definition) is 0. The van der Waals surface area contributed by atoms with Crippen molar-refractivity contribution in [2.45, 2.75) is 38.8 Å². The number of hydrogen-bond acceptors (Lipinski definition) is 4. The molecule has 0 aromatic heterocycles. The molecule has 0 aliphatic carbocycles. The van der Waals surface area contributed by atoms with E-state index in [1.165, 1.54) is 11.1 Å². The van der Waals surface area contributed by atoms with Crippen LogP contribution in [0.1, 0.15) is 49.9 Å². The quantitative estimate of drug-likeness (QED) is 0.785. The van der Waals surface area contributed by atoms with E-state index in [2.05, 4.69) is 96.6 Å². The van der Waals surface area contributed by atoms with Crippen LogP contribution in [0.4, 0.5) is 0 Å². The van der Waals surface area contributed by atoms with Gasteiger partial charge in [-0.2, -0.15) is 0 Å². The second-order valence-corrected chi connectivity index (χ2v) is 6.90. The van der Waals surface area contributed by atoms with E-state index in [1.807, 2.05) is 0 Å². The Morgan fingerprint density at radius 1 is 0.750 bits per heavy atom. The first-order chi connectivity index (χ1) is 11.6. The molecule has 2 heterocycles. The third-order valence-electron chi connectivity index (χ3n) is 5.09. The molecule has 1 aromatic rings. The zero-order valence-corrected chi connectivity index (χ0v) is 15.4. The Balaban J connectivity index is 1.91. The molecule has 2 atom stereocenters. The Morgan fingerprint density at radius 2 is 1.17 bits per heavy atom. The van der Waals surface area contributed by atoms with Crippen LogP contribution in [0.15, 0.2) is 49.1 Å². The van der Waals surface area contributed by atoms with E-state index >= 15 is 0 Å². The van der Waals surface area contributed by atoms with Gasteiger partial charge in [-0.05, 0) is 24.0 Å². The molecule has 3 rings (SSSR count). The van der Waals surface area contributed by atoms with Crippen LogP contribution in [0, 0.1) is 0 Å². The van der Waals surface area contributed by atoms with Gasteiger partial charge in [0.2, 0.25) is 0 Å². The first kappa shape index (κ1) is 16.7. The molecule has 130 valence electrons. The first-order valence-electron chi connectivity index (χ1n) is 9.01. The monoisotopic (exact) mass is 326 g/mol. The fraction of sp³-hybridized carbons (Fsp3) is 0.500. The third-order valence-corrected chi connectivity index (χ3v) is 5.09. The van der Waals surface area contributed by atoms with E-state index in [0.717, 1.165) is 26.2 Å². The molecule has 0 saturated heterocycles. The van der Waals surface area contributed by atoms with Crippen LogP contribution in [0.5, 0.6) is 0 Å². The Labute approximate surface area is 146 Å². The van der Waals surface area contributed by atoms with Gasteiger partial charge in [0.25, 0.3) is 0 Å². The van der Waals surface area contributed by atoms with E-state index in [4.69, 9.17) is 0 Å². The van der Waals surface area contributed by atoms with Gasteiger partial charge in [0.1, 0.15) is 0 Å². The number of benzene rings is 1. The van der Waals surface area contributed by atoms with Gasteiger partial charge >= 0.3 is 0 Å². The smallest absolute Gasteiger partial charge is 0.0896 e. The molecule has 0 amide bonds. The zero-order valence-electron chi connectivity index (χ0n) is 15.4. The van der Waals surface area contributed by atoms with E-state index in [0.29, 0.717) is 12.1 Å². The molecule has 2 aliphatic heterocycles. The lowest BCUT2D eigenvalue weighted by Crippen LogP contribution is -2.30. The fourth-order valence-corrected chi connectivity index (χ4v) is 3.89. The molecule has 1 aromatic carbocycles. The number of nitrogens with zero attached hydrogens (tertiary/aromatic N) is 4. The van der Waals surface area contributed by atoms with Gasteiger partial charge in [0, 0.05) is 38.9 Å². The van der Waals surface area contributed by atoms with Gasteiger partial charge in [-0.15, -0.1) is 0 Å². The average molecular weight is 326 g/mol. The second-order valence-electron chi connectivity index (χ2n) is 6.90. The van der Waals surface area contributed by atoms with Crippen molar-refractivity contribution < 1.29 is 0 Å². The van der Waals surface area contributed by atoms with E-state index in [9.17, 15) is 0 Å². The number of rotatable bonds is 6. The minimum absolute atomic E-state index is 0.431. The molecule has 0 fully saturated rings. The van der Waals surface area contributed by atoms with Crippen molar-refractivity contribution in [1.29, 1.82) is 0 Å². The molecule has 0 saturated carbocycles. The highest BCUT2D eigenvalue weighted by molar-refractivity contribution is 5.34. The molecule has 24 heavy (non-hydrogen) atoms. The Morgan fingerprint density at radius 3 is 1.46 bits per heavy atom. The minimum Gasteiger partial charge on any atom is -0.362 e. The maximum Gasteiger partial charge on any atom is 0.0896 e. The van der Waals surface area contributed by atoms with Crippen molar-refractivity contribution in [2.75, 3.05) is 27.4 Å². The molecule has 0 spiro atoms. The highest BCUT2D eigenvalue weighted by Gasteiger charge is 2.27. The van der Waals surface area contributed by atoms with Crippen LogP contribution >= 0.6 is 0 Å². The summed E-state index contributed by atoms with van der Waals surface area (Å²) in [4.78, 5) is 9.39. The maximum absolute atomic E-state index is 2.46. The largest absolute Gasteiger partial charge is 0.362 e. The Bertz CT molecular complexity index is 556. The fourth-order valence-electron chi connectivity index (χ4n) is 3.89. The van der Waals surface area contributed by atoms with Gasteiger partial charge in [0.05, 0.1) is 25.4 Å². The van der Waals surface area contributed by atoms with E-state index in [1.54, 1.807) is 0 Å². The summed E-state index contributed by atoms with van der Waals surface area (Å²) in [5.41, 5.74) is 2.93. The molecular formula is C20H30N4. The third kappa shape index (κ3) is 3.23. The zero-order chi connectivity index (χ0) is 17.1. The highest BCUT2D eigenvalue weighted by atomic mass is 15.3. The molecule has 0 unspecified atom stereocenters. The molecule has 0 bridgehead atoms. The van der Waals surface area contributed by atoms with Crippen LogP contribution < -0.4 is 0 Å². The van der Waals surface area contributed by atoms with Crippen molar-refractivity contribution in [3.05, 3.63) is 60.2 Å². The summed E-state index contributed by atoms with van der Waals surface area (Å²) in [5.74, 6) is 0. The topological polar surface area (TPSA) is 13.0 Å². The van der Waals surface area contributed by atoms with Gasteiger partial charge in [-0.3, -0.25) is 0 Å². The normalized spacial score (nSPS) is 19.5. The van der Waals surface area contributed by atoms with Crippen LogP contribution in [-0.4, -0.2) is 47.0 Å². The molecule has 2 aliphatic rings. The van der Waals surface area contributed by atoms with Gasteiger partial charge in [0.15, 0.2) is 0 Å². The minimum atomic E-state index is 0.431. The van der Waals surface area contributed by atoms with Crippen molar-refractivity contribution >= 4 is 0 Å².